The van der Waals surface area contributed by atoms with Gasteiger partial charge >= 0.3 is 12.1 Å². The van der Waals surface area contributed by atoms with Crippen LogP contribution in [0.25, 0.3) is 0 Å². The van der Waals surface area contributed by atoms with Crippen LogP contribution >= 0.6 is 12.2 Å². The Kier molecular flexibility index (Phi) is 6.13. The average molecular weight is 441 g/mol. The molecule has 1 aliphatic heterocycles. The monoisotopic (exact) mass is 441 g/mol. The number of fused-ring (bicyclic) bond motifs is 1. The average Bonchev–Trinajstić information content (AvgIpc) is 2.66. The highest BCUT2D eigenvalue weighted by atomic mass is 32.1. The van der Waals surface area contributed by atoms with Gasteiger partial charge in [-0.3, -0.25) is 9.78 Å². The zero-order valence-electron chi connectivity index (χ0n) is 16.0. The summed E-state index contributed by atoms with van der Waals surface area (Å²) >= 11 is 4.96. The second kappa shape index (κ2) is 8.44. The predicted octanol–water partition coefficient (Wildman–Crippen LogP) is 3.47. The van der Waals surface area contributed by atoms with E-state index in [2.05, 4.69) is 15.3 Å². The SMILES string of the molecule is COCCOC(=O)C1=C(C)Nc2[nH]c(=S)[nH]c(=O)c2C1c1ccccc1C(F)(F)F. The Bertz CT molecular complexity index is 1120. The molecule has 0 spiro atoms. The van der Waals surface area contributed by atoms with Gasteiger partial charge in [0.1, 0.15) is 12.4 Å². The van der Waals surface area contributed by atoms with Gasteiger partial charge in [-0.25, -0.2) is 4.79 Å². The van der Waals surface area contributed by atoms with Crippen LogP contribution in [0.3, 0.4) is 0 Å². The first kappa shape index (κ1) is 21.8. The lowest BCUT2D eigenvalue weighted by Gasteiger charge is -2.30. The number of rotatable bonds is 5. The molecule has 0 fully saturated rings. The third-order valence-electron chi connectivity index (χ3n) is 4.59. The second-order valence-electron chi connectivity index (χ2n) is 6.51. The Labute approximate surface area is 173 Å². The van der Waals surface area contributed by atoms with Crippen LogP contribution in [0.1, 0.15) is 29.5 Å². The predicted molar refractivity (Wildman–Crippen MR) is 105 cm³/mol. The summed E-state index contributed by atoms with van der Waals surface area (Å²) in [7, 11) is 1.42. The van der Waals surface area contributed by atoms with E-state index in [9.17, 15) is 22.8 Å². The zero-order valence-corrected chi connectivity index (χ0v) is 16.8. The van der Waals surface area contributed by atoms with Crippen LogP contribution in [0.2, 0.25) is 0 Å². The molecule has 1 aromatic heterocycles. The normalized spacial score (nSPS) is 16.1. The number of aromatic amines is 2. The third-order valence-corrected chi connectivity index (χ3v) is 4.80. The van der Waals surface area contributed by atoms with E-state index in [0.29, 0.717) is 0 Å². The number of carbonyl (C=O) groups excluding carboxylic acids is 1. The molecule has 2 aromatic rings. The van der Waals surface area contributed by atoms with Crippen LogP contribution < -0.4 is 10.9 Å². The smallest absolute Gasteiger partial charge is 0.416 e. The molecule has 0 bridgehead atoms. The summed E-state index contributed by atoms with van der Waals surface area (Å²) in [5.74, 6) is -2.06. The topological polar surface area (TPSA) is 96.2 Å². The Hall–Kier alpha value is -2.92. The number of methoxy groups -OCH3 is 1. The molecule has 2 heterocycles. The van der Waals surface area contributed by atoms with Crippen molar-refractivity contribution in [3.05, 3.63) is 67.4 Å². The quantitative estimate of drug-likeness (QED) is 0.374. The lowest BCUT2D eigenvalue weighted by atomic mass is 9.80. The summed E-state index contributed by atoms with van der Waals surface area (Å²) in [6.07, 6.45) is -4.70. The van der Waals surface area contributed by atoms with Crippen LogP contribution in [0.5, 0.6) is 0 Å². The Morgan fingerprint density at radius 3 is 2.57 bits per heavy atom. The fourth-order valence-electron chi connectivity index (χ4n) is 3.37. The summed E-state index contributed by atoms with van der Waals surface area (Å²) in [6, 6.07) is 4.79. The number of esters is 1. The molecule has 1 aliphatic rings. The number of carbonyl (C=O) groups is 1. The van der Waals surface area contributed by atoms with E-state index in [1.54, 1.807) is 0 Å². The number of benzene rings is 1. The summed E-state index contributed by atoms with van der Waals surface area (Å²) in [6.45, 7) is 1.52. The lowest BCUT2D eigenvalue weighted by molar-refractivity contribution is -0.141. The van der Waals surface area contributed by atoms with Gasteiger partial charge in [0.05, 0.1) is 29.2 Å². The Morgan fingerprint density at radius 2 is 1.90 bits per heavy atom. The van der Waals surface area contributed by atoms with Crippen molar-refractivity contribution < 1.29 is 27.4 Å². The van der Waals surface area contributed by atoms with Crippen molar-refractivity contribution in [3.8, 4) is 0 Å². The maximum absolute atomic E-state index is 13.7. The summed E-state index contributed by atoms with van der Waals surface area (Å²) < 4.78 is 51.2. The van der Waals surface area contributed by atoms with Crippen molar-refractivity contribution in [2.75, 3.05) is 25.6 Å². The number of H-pyrrole nitrogens is 2. The molecule has 0 saturated carbocycles. The second-order valence-corrected chi connectivity index (χ2v) is 6.92. The molecule has 0 amide bonds. The minimum Gasteiger partial charge on any atom is -0.460 e. The van der Waals surface area contributed by atoms with Crippen molar-refractivity contribution >= 4 is 24.0 Å². The number of ether oxygens (including phenoxy) is 2. The van der Waals surface area contributed by atoms with E-state index in [1.165, 1.54) is 32.2 Å². The van der Waals surface area contributed by atoms with Crippen LogP contribution in [-0.4, -0.2) is 36.3 Å². The molecule has 0 saturated heterocycles. The first-order valence-electron chi connectivity index (χ1n) is 8.81. The molecule has 1 aromatic carbocycles. The summed E-state index contributed by atoms with van der Waals surface area (Å²) in [5, 5.41) is 2.84. The van der Waals surface area contributed by atoms with E-state index < -0.39 is 29.2 Å². The molecule has 11 heteroatoms. The van der Waals surface area contributed by atoms with E-state index >= 15 is 0 Å². The molecule has 30 heavy (non-hydrogen) atoms. The van der Waals surface area contributed by atoms with Crippen LogP contribution in [-0.2, 0) is 20.4 Å². The van der Waals surface area contributed by atoms with Gasteiger partial charge in [-0.2, -0.15) is 13.2 Å². The number of halogens is 3. The van der Waals surface area contributed by atoms with E-state index in [4.69, 9.17) is 21.7 Å². The molecule has 1 unspecified atom stereocenters. The standard InChI is InChI=1S/C19H18F3N3O4S/c1-9-12(17(27)29-8-7-28-2)13(10-5-3-4-6-11(10)19(20,21)22)14-15(23-9)24-18(30)25-16(14)26/h3-6,13H,7-8H2,1-2H3,(H3,23,24,25,26,30). The number of aromatic nitrogens is 2. The highest BCUT2D eigenvalue weighted by molar-refractivity contribution is 7.71. The van der Waals surface area contributed by atoms with Crippen molar-refractivity contribution in [2.45, 2.75) is 19.0 Å². The van der Waals surface area contributed by atoms with E-state index in [1.807, 2.05) is 0 Å². The maximum Gasteiger partial charge on any atom is 0.416 e. The number of hydrogen-bond acceptors (Lipinski definition) is 6. The zero-order chi connectivity index (χ0) is 22.1. The Morgan fingerprint density at radius 1 is 1.20 bits per heavy atom. The molecule has 0 aliphatic carbocycles. The largest absolute Gasteiger partial charge is 0.460 e. The Balaban J connectivity index is 2.27. The maximum atomic E-state index is 13.7. The molecule has 160 valence electrons. The highest BCUT2D eigenvalue weighted by Crippen LogP contribution is 2.44. The minimum absolute atomic E-state index is 0.00646. The van der Waals surface area contributed by atoms with Crippen molar-refractivity contribution in [2.24, 2.45) is 0 Å². The van der Waals surface area contributed by atoms with Gasteiger partial charge in [-0.1, -0.05) is 18.2 Å². The molecule has 7 nitrogen and oxygen atoms in total. The first-order chi connectivity index (χ1) is 14.1. The molecular weight excluding hydrogens is 423 g/mol. The van der Waals surface area contributed by atoms with Gasteiger partial charge in [0.25, 0.3) is 5.56 Å². The summed E-state index contributed by atoms with van der Waals surface area (Å²) in [5.41, 5.74) is -1.88. The van der Waals surface area contributed by atoms with Crippen LogP contribution in [0, 0.1) is 4.77 Å². The van der Waals surface area contributed by atoms with Gasteiger partial charge in [0.15, 0.2) is 4.77 Å². The number of anilines is 1. The number of hydrogen-bond donors (Lipinski definition) is 3. The van der Waals surface area contributed by atoms with Crippen LogP contribution in [0.4, 0.5) is 19.0 Å². The number of alkyl halides is 3. The van der Waals surface area contributed by atoms with Gasteiger partial charge in [-0.15, -0.1) is 0 Å². The van der Waals surface area contributed by atoms with E-state index in [-0.39, 0.29) is 46.2 Å². The first-order valence-corrected chi connectivity index (χ1v) is 9.22. The number of nitrogens with one attached hydrogen (secondary N) is 3. The fraction of sp³-hybridized carbons (Fsp3) is 0.316. The molecule has 0 radical (unpaired) electrons. The van der Waals surface area contributed by atoms with Gasteiger partial charge in [-0.05, 0) is 30.8 Å². The van der Waals surface area contributed by atoms with Gasteiger partial charge in [0, 0.05) is 12.8 Å². The molecule has 1 atom stereocenters. The van der Waals surface area contributed by atoms with Crippen molar-refractivity contribution in [3.63, 3.8) is 0 Å². The lowest BCUT2D eigenvalue weighted by Crippen LogP contribution is -2.32. The fourth-order valence-corrected chi connectivity index (χ4v) is 3.56. The third kappa shape index (κ3) is 4.17. The summed E-state index contributed by atoms with van der Waals surface area (Å²) in [4.78, 5) is 30.6. The van der Waals surface area contributed by atoms with Gasteiger partial charge < -0.3 is 19.8 Å². The van der Waals surface area contributed by atoms with Crippen LogP contribution in [0.15, 0.2) is 40.3 Å². The van der Waals surface area contributed by atoms with Gasteiger partial charge in [0.2, 0.25) is 0 Å². The molecule has 3 rings (SSSR count). The van der Waals surface area contributed by atoms with Crippen molar-refractivity contribution in [1.29, 1.82) is 0 Å². The highest BCUT2D eigenvalue weighted by Gasteiger charge is 2.41. The molecule has 3 N–H and O–H groups in total. The van der Waals surface area contributed by atoms with E-state index in [0.717, 1.165) is 6.07 Å². The number of allylic oxidation sites excluding steroid dienone is 1. The minimum atomic E-state index is -4.70. The molecular formula is C19H18F3N3O4S. The van der Waals surface area contributed by atoms with Crippen molar-refractivity contribution in [1.82, 2.24) is 9.97 Å².